The Labute approximate surface area is 181 Å². The number of nitrogens with zero attached hydrogens (tertiary/aromatic N) is 2. The van der Waals surface area contributed by atoms with Crippen molar-refractivity contribution in [1.29, 1.82) is 0 Å². The van der Waals surface area contributed by atoms with Gasteiger partial charge in [0.2, 0.25) is 0 Å². The quantitative estimate of drug-likeness (QED) is 0.521. The van der Waals surface area contributed by atoms with Crippen molar-refractivity contribution < 1.29 is 28.6 Å². The lowest BCUT2D eigenvalue weighted by Crippen LogP contribution is -2.39. The molecule has 0 aliphatic carbocycles. The molecular weight excluding hydrogens is 400 g/mol. The molecule has 0 N–H and O–H groups in total. The first-order valence-electron chi connectivity index (χ1n) is 10.1. The van der Waals surface area contributed by atoms with Crippen LogP contribution in [0.3, 0.4) is 0 Å². The lowest BCUT2D eigenvalue weighted by atomic mass is 10.2. The summed E-state index contributed by atoms with van der Waals surface area (Å²) in [6.07, 6.45) is 0.662. The summed E-state index contributed by atoms with van der Waals surface area (Å²) in [6.45, 7) is 3.13. The molecule has 1 fully saturated rings. The zero-order chi connectivity index (χ0) is 22.2. The van der Waals surface area contributed by atoms with Gasteiger partial charge in [-0.25, -0.2) is 0 Å². The second-order valence-corrected chi connectivity index (χ2v) is 7.09. The van der Waals surface area contributed by atoms with E-state index in [1.165, 1.54) is 6.92 Å². The molecule has 0 unspecified atom stereocenters. The van der Waals surface area contributed by atoms with Gasteiger partial charge in [-0.2, -0.15) is 0 Å². The molecule has 2 aromatic carbocycles. The monoisotopic (exact) mass is 426 g/mol. The first-order valence-corrected chi connectivity index (χ1v) is 10.1. The lowest BCUT2D eigenvalue weighted by Gasteiger charge is -2.22. The molecule has 2 aromatic rings. The number of esters is 1. The van der Waals surface area contributed by atoms with E-state index in [9.17, 15) is 14.4 Å². The van der Waals surface area contributed by atoms with Crippen LogP contribution in [0.2, 0.25) is 0 Å². The SMILES string of the molecule is COc1ccccc1OCC(=O)N1CCCN(C(=O)c2cccc(OC(C)=O)c2)CC1. The van der Waals surface area contributed by atoms with E-state index in [0.29, 0.717) is 55.4 Å². The molecule has 31 heavy (non-hydrogen) atoms. The number of hydrogen-bond donors (Lipinski definition) is 0. The van der Waals surface area contributed by atoms with Gasteiger partial charge in [-0.1, -0.05) is 18.2 Å². The summed E-state index contributed by atoms with van der Waals surface area (Å²) in [5.74, 6) is 0.671. The summed E-state index contributed by atoms with van der Waals surface area (Å²) in [5.41, 5.74) is 0.443. The molecule has 0 bridgehead atoms. The Bertz CT molecular complexity index is 945. The number of para-hydroxylation sites is 2. The van der Waals surface area contributed by atoms with Crippen molar-refractivity contribution in [1.82, 2.24) is 9.80 Å². The van der Waals surface area contributed by atoms with Crippen molar-refractivity contribution in [3.8, 4) is 17.2 Å². The van der Waals surface area contributed by atoms with E-state index in [0.717, 1.165) is 0 Å². The molecule has 0 saturated carbocycles. The number of ether oxygens (including phenoxy) is 3. The van der Waals surface area contributed by atoms with Crippen molar-refractivity contribution in [2.45, 2.75) is 13.3 Å². The number of hydrogen-bond acceptors (Lipinski definition) is 6. The minimum Gasteiger partial charge on any atom is -0.493 e. The molecule has 1 aliphatic heterocycles. The summed E-state index contributed by atoms with van der Waals surface area (Å²) in [5, 5.41) is 0. The molecule has 1 heterocycles. The molecule has 3 rings (SSSR count). The van der Waals surface area contributed by atoms with Gasteiger partial charge in [0.05, 0.1) is 7.11 Å². The van der Waals surface area contributed by atoms with Gasteiger partial charge < -0.3 is 24.0 Å². The van der Waals surface area contributed by atoms with Gasteiger partial charge in [-0.15, -0.1) is 0 Å². The smallest absolute Gasteiger partial charge is 0.308 e. The van der Waals surface area contributed by atoms with Crippen LogP contribution in [-0.2, 0) is 9.59 Å². The minimum absolute atomic E-state index is 0.0985. The fraction of sp³-hybridized carbons (Fsp3) is 0.348. The van der Waals surface area contributed by atoms with E-state index in [-0.39, 0.29) is 18.4 Å². The normalized spacial score (nSPS) is 13.9. The number of methoxy groups -OCH3 is 1. The van der Waals surface area contributed by atoms with Crippen LogP contribution in [0.15, 0.2) is 48.5 Å². The number of carbonyl (C=O) groups is 3. The first kappa shape index (κ1) is 22.1. The van der Waals surface area contributed by atoms with Crippen molar-refractivity contribution in [3.05, 3.63) is 54.1 Å². The fourth-order valence-corrected chi connectivity index (χ4v) is 3.38. The third kappa shape index (κ3) is 5.97. The Kier molecular flexibility index (Phi) is 7.48. The number of amides is 2. The third-order valence-electron chi connectivity index (χ3n) is 4.90. The predicted molar refractivity (Wildman–Crippen MR) is 113 cm³/mol. The number of carbonyl (C=O) groups excluding carboxylic acids is 3. The fourth-order valence-electron chi connectivity index (χ4n) is 3.38. The van der Waals surface area contributed by atoms with E-state index in [4.69, 9.17) is 14.2 Å². The van der Waals surface area contributed by atoms with Crippen molar-refractivity contribution >= 4 is 17.8 Å². The van der Waals surface area contributed by atoms with Crippen LogP contribution < -0.4 is 14.2 Å². The predicted octanol–water partition coefficient (Wildman–Crippen LogP) is 2.37. The summed E-state index contributed by atoms with van der Waals surface area (Å²) in [4.78, 5) is 40.1. The summed E-state index contributed by atoms with van der Waals surface area (Å²) in [7, 11) is 1.55. The Hall–Kier alpha value is -3.55. The van der Waals surface area contributed by atoms with Crippen LogP contribution >= 0.6 is 0 Å². The summed E-state index contributed by atoms with van der Waals surface area (Å²) < 4.78 is 15.9. The van der Waals surface area contributed by atoms with Gasteiger partial charge >= 0.3 is 5.97 Å². The van der Waals surface area contributed by atoms with Gasteiger partial charge in [0.1, 0.15) is 5.75 Å². The van der Waals surface area contributed by atoms with Gasteiger partial charge in [0, 0.05) is 38.7 Å². The summed E-state index contributed by atoms with van der Waals surface area (Å²) >= 11 is 0. The zero-order valence-corrected chi connectivity index (χ0v) is 17.7. The molecule has 8 heteroatoms. The van der Waals surface area contributed by atoms with Gasteiger partial charge in [-0.3, -0.25) is 14.4 Å². The Morgan fingerprint density at radius 3 is 2.35 bits per heavy atom. The second-order valence-electron chi connectivity index (χ2n) is 7.09. The Balaban J connectivity index is 1.56. The molecule has 0 atom stereocenters. The van der Waals surface area contributed by atoms with Crippen molar-refractivity contribution in [2.75, 3.05) is 39.9 Å². The molecule has 2 amide bonds. The topological polar surface area (TPSA) is 85.4 Å². The molecule has 1 saturated heterocycles. The molecule has 164 valence electrons. The largest absolute Gasteiger partial charge is 0.493 e. The van der Waals surface area contributed by atoms with Crippen LogP contribution in [0.4, 0.5) is 0 Å². The Morgan fingerprint density at radius 2 is 1.61 bits per heavy atom. The maximum absolute atomic E-state index is 12.9. The maximum atomic E-state index is 12.9. The molecule has 1 aliphatic rings. The first-order chi connectivity index (χ1) is 15.0. The highest BCUT2D eigenvalue weighted by molar-refractivity contribution is 5.94. The maximum Gasteiger partial charge on any atom is 0.308 e. The standard InChI is InChI=1S/C23H26N2O6/c1-17(26)31-19-8-5-7-18(15-19)23(28)25-12-6-11-24(13-14-25)22(27)16-30-21-10-4-3-9-20(21)29-2/h3-5,7-10,15H,6,11-14,16H2,1-2H3. The average molecular weight is 426 g/mol. The van der Waals surface area contributed by atoms with Crippen molar-refractivity contribution in [3.63, 3.8) is 0 Å². The lowest BCUT2D eigenvalue weighted by molar-refractivity contribution is -0.133. The number of rotatable bonds is 6. The average Bonchev–Trinajstić information content (AvgIpc) is 3.03. The number of benzene rings is 2. The zero-order valence-electron chi connectivity index (χ0n) is 17.7. The van der Waals surface area contributed by atoms with Crippen LogP contribution in [0, 0.1) is 0 Å². The molecule has 0 spiro atoms. The summed E-state index contributed by atoms with van der Waals surface area (Å²) in [6, 6.07) is 13.7. The van der Waals surface area contributed by atoms with Crippen LogP contribution in [-0.4, -0.2) is 67.5 Å². The highest BCUT2D eigenvalue weighted by Gasteiger charge is 2.23. The van der Waals surface area contributed by atoms with Crippen LogP contribution in [0.5, 0.6) is 17.2 Å². The second kappa shape index (κ2) is 10.5. The molecular formula is C23H26N2O6. The van der Waals surface area contributed by atoms with E-state index in [1.54, 1.807) is 53.3 Å². The minimum atomic E-state index is -0.441. The van der Waals surface area contributed by atoms with Gasteiger partial charge in [0.25, 0.3) is 11.8 Å². The van der Waals surface area contributed by atoms with E-state index in [1.807, 2.05) is 12.1 Å². The van der Waals surface area contributed by atoms with E-state index in [2.05, 4.69) is 0 Å². The van der Waals surface area contributed by atoms with Crippen LogP contribution in [0.1, 0.15) is 23.7 Å². The van der Waals surface area contributed by atoms with Crippen LogP contribution in [0.25, 0.3) is 0 Å². The molecule has 0 radical (unpaired) electrons. The van der Waals surface area contributed by atoms with Gasteiger partial charge in [-0.05, 0) is 36.8 Å². The molecule has 0 aromatic heterocycles. The highest BCUT2D eigenvalue weighted by Crippen LogP contribution is 2.25. The van der Waals surface area contributed by atoms with E-state index < -0.39 is 5.97 Å². The highest BCUT2D eigenvalue weighted by atomic mass is 16.5. The van der Waals surface area contributed by atoms with Gasteiger partial charge in [0.15, 0.2) is 18.1 Å². The van der Waals surface area contributed by atoms with E-state index >= 15 is 0 Å². The molecule has 8 nitrogen and oxygen atoms in total. The third-order valence-corrected chi connectivity index (χ3v) is 4.90. The Morgan fingerprint density at radius 1 is 0.903 bits per heavy atom. The van der Waals surface area contributed by atoms with Crippen molar-refractivity contribution in [2.24, 2.45) is 0 Å².